The number of aromatic nitrogens is 1. The maximum atomic E-state index is 12.7. The molecule has 5 heteroatoms. The lowest BCUT2D eigenvalue weighted by molar-refractivity contribution is -0.120. The molecule has 0 spiro atoms. The monoisotopic (exact) mass is 317 g/mol. The highest BCUT2D eigenvalue weighted by Crippen LogP contribution is 2.23. The maximum Gasteiger partial charge on any atom is 0.298 e. The summed E-state index contributed by atoms with van der Waals surface area (Å²) in [6.07, 6.45) is 1.38. The quantitative estimate of drug-likeness (QED) is 0.541. The summed E-state index contributed by atoms with van der Waals surface area (Å²) in [6, 6.07) is 16.0. The highest BCUT2D eigenvalue weighted by molar-refractivity contribution is 5.85. The van der Waals surface area contributed by atoms with Crippen molar-refractivity contribution < 1.29 is 13.9 Å². The second kappa shape index (κ2) is 5.62. The van der Waals surface area contributed by atoms with E-state index in [2.05, 4.69) is 4.98 Å². The van der Waals surface area contributed by atoms with Crippen molar-refractivity contribution in [3.63, 3.8) is 0 Å². The number of rotatable bonds is 3. The van der Waals surface area contributed by atoms with E-state index in [1.807, 2.05) is 30.3 Å². The second-order valence-corrected chi connectivity index (χ2v) is 5.24. The maximum absolute atomic E-state index is 12.7. The number of hydrogen-bond donors (Lipinski definition) is 0. The van der Waals surface area contributed by atoms with Crippen LogP contribution < -0.4 is 10.2 Å². The summed E-state index contributed by atoms with van der Waals surface area (Å²) >= 11 is 0. The van der Waals surface area contributed by atoms with Crippen LogP contribution in [0.5, 0.6) is 5.75 Å². The van der Waals surface area contributed by atoms with Gasteiger partial charge in [-0.1, -0.05) is 24.3 Å². The van der Waals surface area contributed by atoms with Crippen molar-refractivity contribution in [2.75, 3.05) is 0 Å². The summed E-state index contributed by atoms with van der Waals surface area (Å²) < 4.78 is 10.3. The average Bonchev–Trinajstić information content (AvgIpc) is 2.62. The zero-order valence-corrected chi connectivity index (χ0v) is 12.4. The molecule has 0 amide bonds. The smallest absolute Gasteiger partial charge is 0.298 e. The Labute approximate surface area is 136 Å². The number of benzene rings is 2. The van der Waals surface area contributed by atoms with Gasteiger partial charge in [0.05, 0.1) is 22.2 Å². The largest absolute Gasteiger partial charge is 0.463 e. The predicted molar refractivity (Wildman–Crippen MR) is 89.9 cm³/mol. The first-order valence-electron chi connectivity index (χ1n) is 7.28. The number of nitrogens with zero attached hydrogens (tertiary/aromatic N) is 1. The Hall–Kier alpha value is -3.47. The molecular weight excluding hydrogens is 306 g/mol. The Bertz CT molecular complexity index is 1130. The third-order valence-corrected chi connectivity index (χ3v) is 3.80. The minimum atomic E-state index is -0.184. The summed E-state index contributed by atoms with van der Waals surface area (Å²) in [6.45, 7) is 0.326. The third kappa shape index (κ3) is 2.32. The standard InChI is InChI=1S/C19H11NO4/c21-11-24-13-6-7-14-18(9-13)23-10-15(19(14)22)17-8-5-12-3-1-2-4-16(12)20-17/h1-11H. The van der Waals surface area contributed by atoms with Crippen LogP contribution in [0.15, 0.2) is 70.1 Å². The van der Waals surface area contributed by atoms with Gasteiger partial charge in [0, 0.05) is 11.5 Å². The molecule has 0 aliphatic heterocycles. The van der Waals surface area contributed by atoms with Crippen molar-refractivity contribution in [1.29, 1.82) is 0 Å². The minimum absolute atomic E-state index is 0.184. The van der Waals surface area contributed by atoms with Gasteiger partial charge < -0.3 is 9.15 Å². The number of carbonyl (C=O) groups is 1. The fourth-order valence-electron chi connectivity index (χ4n) is 2.63. The van der Waals surface area contributed by atoms with Gasteiger partial charge in [0.1, 0.15) is 17.6 Å². The van der Waals surface area contributed by atoms with E-state index in [-0.39, 0.29) is 5.43 Å². The Balaban J connectivity index is 1.89. The summed E-state index contributed by atoms with van der Waals surface area (Å²) in [4.78, 5) is 27.7. The normalized spacial score (nSPS) is 10.8. The molecule has 0 N–H and O–H groups in total. The lowest BCUT2D eigenvalue weighted by atomic mass is 10.1. The van der Waals surface area contributed by atoms with Crippen molar-refractivity contribution >= 4 is 28.3 Å². The van der Waals surface area contributed by atoms with Gasteiger partial charge in [0.2, 0.25) is 5.43 Å². The van der Waals surface area contributed by atoms with Gasteiger partial charge in [0.15, 0.2) is 0 Å². The van der Waals surface area contributed by atoms with E-state index in [1.54, 1.807) is 18.2 Å². The Morgan fingerprint density at radius 1 is 1.04 bits per heavy atom. The van der Waals surface area contributed by atoms with E-state index in [0.717, 1.165) is 10.9 Å². The van der Waals surface area contributed by atoms with Crippen LogP contribution in [0.2, 0.25) is 0 Å². The van der Waals surface area contributed by atoms with Crippen molar-refractivity contribution in [1.82, 2.24) is 4.98 Å². The first-order chi connectivity index (χ1) is 11.8. The number of carbonyl (C=O) groups excluding carboxylic acids is 1. The first kappa shape index (κ1) is 14.1. The fourth-order valence-corrected chi connectivity index (χ4v) is 2.63. The number of pyridine rings is 1. The summed E-state index contributed by atoms with van der Waals surface area (Å²) in [7, 11) is 0. The van der Waals surface area contributed by atoms with Crippen molar-refractivity contribution in [2.24, 2.45) is 0 Å². The summed E-state index contributed by atoms with van der Waals surface area (Å²) in [5.74, 6) is 0.317. The molecule has 24 heavy (non-hydrogen) atoms. The molecule has 4 aromatic rings. The molecule has 0 fully saturated rings. The number of fused-ring (bicyclic) bond motifs is 2. The molecule has 2 aromatic carbocycles. The van der Waals surface area contributed by atoms with E-state index in [0.29, 0.717) is 34.4 Å². The highest BCUT2D eigenvalue weighted by atomic mass is 16.5. The SMILES string of the molecule is O=COc1ccc2c(=O)c(-c3ccc4ccccc4n3)coc2c1. The van der Waals surface area contributed by atoms with E-state index < -0.39 is 0 Å². The van der Waals surface area contributed by atoms with E-state index in [9.17, 15) is 9.59 Å². The molecule has 0 bridgehead atoms. The van der Waals surface area contributed by atoms with E-state index >= 15 is 0 Å². The minimum Gasteiger partial charge on any atom is -0.463 e. The topological polar surface area (TPSA) is 69.4 Å². The van der Waals surface area contributed by atoms with Crippen LogP contribution in [0.1, 0.15) is 0 Å². The Morgan fingerprint density at radius 3 is 2.79 bits per heavy atom. The number of hydrogen-bond acceptors (Lipinski definition) is 5. The number of ether oxygens (including phenoxy) is 1. The predicted octanol–water partition coefficient (Wildman–Crippen LogP) is 3.54. The van der Waals surface area contributed by atoms with Gasteiger partial charge in [-0.25, -0.2) is 4.98 Å². The van der Waals surface area contributed by atoms with Gasteiger partial charge >= 0.3 is 0 Å². The molecule has 0 saturated carbocycles. The molecular formula is C19H11NO4. The Morgan fingerprint density at radius 2 is 1.92 bits per heavy atom. The molecule has 5 nitrogen and oxygen atoms in total. The summed E-state index contributed by atoms with van der Waals surface area (Å²) in [5, 5.41) is 1.41. The zero-order valence-electron chi connectivity index (χ0n) is 12.4. The lowest BCUT2D eigenvalue weighted by Crippen LogP contribution is -2.06. The van der Waals surface area contributed by atoms with E-state index in [4.69, 9.17) is 9.15 Å². The molecule has 116 valence electrons. The molecule has 2 heterocycles. The van der Waals surface area contributed by atoms with Crippen molar-refractivity contribution in [3.05, 3.63) is 71.1 Å². The van der Waals surface area contributed by atoms with Crippen LogP contribution in [-0.4, -0.2) is 11.5 Å². The van der Waals surface area contributed by atoms with Crippen molar-refractivity contribution in [3.8, 4) is 17.0 Å². The molecule has 0 radical (unpaired) electrons. The third-order valence-electron chi connectivity index (χ3n) is 3.80. The van der Waals surface area contributed by atoms with Crippen LogP contribution in [-0.2, 0) is 4.79 Å². The highest BCUT2D eigenvalue weighted by Gasteiger charge is 2.11. The Kier molecular flexibility index (Phi) is 3.31. The van der Waals surface area contributed by atoms with Gasteiger partial charge in [-0.15, -0.1) is 0 Å². The van der Waals surface area contributed by atoms with Crippen LogP contribution in [0.4, 0.5) is 0 Å². The molecule has 2 aromatic heterocycles. The van der Waals surface area contributed by atoms with Crippen LogP contribution >= 0.6 is 0 Å². The van der Waals surface area contributed by atoms with Gasteiger partial charge in [-0.2, -0.15) is 0 Å². The van der Waals surface area contributed by atoms with Gasteiger partial charge in [-0.05, 0) is 24.3 Å². The molecule has 4 rings (SSSR count). The fraction of sp³-hybridized carbons (Fsp3) is 0. The molecule has 0 saturated heterocycles. The molecule has 0 unspecified atom stereocenters. The average molecular weight is 317 g/mol. The van der Waals surface area contributed by atoms with Crippen LogP contribution in [0.25, 0.3) is 33.1 Å². The zero-order chi connectivity index (χ0) is 16.5. The van der Waals surface area contributed by atoms with Gasteiger partial charge in [0.25, 0.3) is 6.47 Å². The number of para-hydroxylation sites is 1. The first-order valence-corrected chi connectivity index (χ1v) is 7.28. The van der Waals surface area contributed by atoms with Crippen LogP contribution in [0.3, 0.4) is 0 Å². The molecule has 0 aliphatic rings. The molecule has 0 atom stereocenters. The lowest BCUT2D eigenvalue weighted by Gasteiger charge is -2.05. The summed E-state index contributed by atoms with van der Waals surface area (Å²) in [5.41, 5.74) is 1.92. The second-order valence-electron chi connectivity index (χ2n) is 5.24. The van der Waals surface area contributed by atoms with E-state index in [1.165, 1.54) is 12.3 Å². The van der Waals surface area contributed by atoms with Crippen LogP contribution in [0, 0.1) is 0 Å². The van der Waals surface area contributed by atoms with Crippen molar-refractivity contribution in [2.45, 2.75) is 0 Å². The molecule has 0 aliphatic carbocycles. The van der Waals surface area contributed by atoms with Gasteiger partial charge in [-0.3, -0.25) is 9.59 Å².